The summed E-state index contributed by atoms with van der Waals surface area (Å²) >= 11 is 0. The van der Waals surface area contributed by atoms with E-state index in [1.54, 1.807) is 6.92 Å². The third-order valence-electron chi connectivity index (χ3n) is 2.97. The van der Waals surface area contributed by atoms with Crippen LogP contribution in [0.5, 0.6) is 0 Å². The molecule has 1 N–H and O–H groups in total. The molecule has 0 aromatic heterocycles. The summed E-state index contributed by atoms with van der Waals surface area (Å²) in [5.41, 5.74) is 3.15. The van der Waals surface area contributed by atoms with Gasteiger partial charge in [0, 0.05) is 0 Å². The van der Waals surface area contributed by atoms with Crippen LogP contribution in [0.4, 0.5) is 0 Å². The summed E-state index contributed by atoms with van der Waals surface area (Å²) in [6.45, 7) is 6.55. The second-order valence-electron chi connectivity index (χ2n) is 4.17. The number of rotatable bonds is 2. The first-order valence-electron chi connectivity index (χ1n) is 4.96. The van der Waals surface area contributed by atoms with E-state index in [1.165, 1.54) is 11.1 Å². The zero-order chi connectivity index (χ0) is 10.3. The molecule has 76 valence electrons. The monoisotopic (exact) mass is 192 g/mol. The van der Waals surface area contributed by atoms with Gasteiger partial charge in [0.05, 0.1) is 12.7 Å². The molecule has 14 heavy (non-hydrogen) atoms. The Hall–Kier alpha value is -0.860. The van der Waals surface area contributed by atoms with E-state index >= 15 is 0 Å². The quantitative estimate of drug-likeness (QED) is 0.726. The van der Waals surface area contributed by atoms with E-state index in [-0.39, 0.29) is 0 Å². The lowest BCUT2D eigenvalue weighted by Crippen LogP contribution is -2.25. The van der Waals surface area contributed by atoms with E-state index in [2.05, 4.69) is 32.0 Å². The normalized spacial score (nSPS) is 27.4. The first kappa shape index (κ1) is 9.69. The molecule has 1 fully saturated rings. The largest absolute Gasteiger partial charge is 0.390 e. The van der Waals surface area contributed by atoms with Gasteiger partial charge in [-0.3, -0.25) is 0 Å². The van der Waals surface area contributed by atoms with Crippen molar-refractivity contribution in [1.82, 2.24) is 0 Å². The Morgan fingerprint density at radius 2 is 2.07 bits per heavy atom. The van der Waals surface area contributed by atoms with E-state index in [9.17, 15) is 5.11 Å². The minimum absolute atomic E-state index is 0.419. The molecule has 1 heterocycles. The van der Waals surface area contributed by atoms with Crippen LogP contribution in [0.15, 0.2) is 18.2 Å². The Morgan fingerprint density at radius 3 is 2.50 bits per heavy atom. The molecule has 0 amide bonds. The number of epoxide rings is 1. The number of aliphatic hydroxyl groups excluding tert-OH is 1. The van der Waals surface area contributed by atoms with Crippen molar-refractivity contribution in [1.29, 1.82) is 0 Å². The zero-order valence-corrected chi connectivity index (χ0v) is 8.87. The summed E-state index contributed by atoms with van der Waals surface area (Å²) in [6, 6.07) is 6.25. The van der Waals surface area contributed by atoms with Gasteiger partial charge in [-0.1, -0.05) is 23.8 Å². The molecule has 1 aliphatic heterocycles. The average Bonchev–Trinajstić information content (AvgIpc) is 2.84. The molecule has 0 spiro atoms. The summed E-state index contributed by atoms with van der Waals surface area (Å²) < 4.78 is 5.41. The molecule has 2 unspecified atom stereocenters. The minimum atomic E-state index is -0.441. The number of hydrogen-bond donors (Lipinski definition) is 1. The van der Waals surface area contributed by atoms with Gasteiger partial charge < -0.3 is 9.84 Å². The van der Waals surface area contributed by atoms with Gasteiger partial charge in [0.15, 0.2) is 0 Å². The lowest BCUT2D eigenvalue weighted by Gasteiger charge is -2.18. The van der Waals surface area contributed by atoms with Crippen molar-refractivity contribution in [2.75, 3.05) is 6.61 Å². The fourth-order valence-corrected chi connectivity index (χ4v) is 1.99. The lowest BCUT2D eigenvalue weighted by atomic mass is 9.90. The number of ether oxygens (including phenoxy) is 1. The molecule has 1 aromatic rings. The molecule has 0 aliphatic carbocycles. The first-order chi connectivity index (χ1) is 6.56. The predicted molar refractivity (Wildman–Crippen MR) is 55.2 cm³/mol. The van der Waals surface area contributed by atoms with Crippen LogP contribution >= 0.6 is 0 Å². The van der Waals surface area contributed by atoms with Gasteiger partial charge in [-0.05, 0) is 31.9 Å². The van der Waals surface area contributed by atoms with Crippen molar-refractivity contribution in [2.24, 2.45) is 0 Å². The lowest BCUT2D eigenvalue weighted by molar-refractivity contribution is 0.0883. The van der Waals surface area contributed by atoms with Gasteiger partial charge in [0.2, 0.25) is 0 Å². The van der Waals surface area contributed by atoms with Crippen LogP contribution in [0, 0.1) is 13.8 Å². The van der Waals surface area contributed by atoms with Crippen molar-refractivity contribution >= 4 is 0 Å². The molecule has 2 nitrogen and oxygen atoms in total. The summed E-state index contributed by atoms with van der Waals surface area (Å²) in [4.78, 5) is 0. The maximum absolute atomic E-state index is 9.66. The molecule has 1 saturated heterocycles. The smallest absolute Gasteiger partial charge is 0.142 e. The van der Waals surface area contributed by atoms with Crippen LogP contribution < -0.4 is 0 Å². The van der Waals surface area contributed by atoms with Crippen molar-refractivity contribution < 1.29 is 9.84 Å². The maximum atomic E-state index is 9.66. The fraction of sp³-hybridized carbons (Fsp3) is 0.500. The van der Waals surface area contributed by atoms with Gasteiger partial charge in [0.25, 0.3) is 0 Å². The van der Waals surface area contributed by atoms with E-state index in [0.29, 0.717) is 6.61 Å². The van der Waals surface area contributed by atoms with Crippen LogP contribution in [0.25, 0.3) is 0 Å². The summed E-state index contributed by atoms with van der Waals surface area (Å²) in [6.07, 6.45) is -0.441. The Morgan fingerprint density at radius 1 is 1.43 bits per heavy atom. The molecule has 2 atom stereocenters. The average molecular weight is 192 g/mol. The molecule has 2 rings (SSSR count). The highest BCUT2D eigenvalue weighted by molar-refractivity contribution is 5.38. The Labute approximate surface area is 84.5 Å². The third-order valence-corrected chi connectivity index (χ3v) is 2.97. The molecule has 0 radical (unpaired) electrons. The SMILES string of the molecule is Cc1ccc(C2(C(C)O)CO2)c(C)c1. The van der Waals surface area contributed by atoms with E-state index in [4.69, 9.17) is 4.74 Å². The summed E-state index contributed by atoms with van der Waals surface area (Å²) in [5, 5.41) is 9.66. The molecule has 0 saturated carbocycles. The van der Waals surface area contributed by atoms with Gasteiger partial charge in [-0.15, -0.1) is 0 Å². The second kappa shape index (κ2) is 3.07. The minimum Gasteiger partial charge on any atom is -0.390 e. The standard InChI is InChI=1S/C12H16O2/c1-8-4-5-11(9(2)6-8)12(7-14-12)10(3)13/h4-6,10,13H,7H2,1-3H3. The van der Waals surface area contributed by atoms with E-state index < -0.39 is 11.7 Å². The van der Waals surface area contributed by atoms with Crippen molar-refractivity contribution in [2.45, 2.75) is 32.5 Å². The van der Waals surface area contributed by atoms with Gasteiger partial charge in [-0.2, -0.15) is 0 Å². The topological polar surface area (TPSA) is 32.8 Å². The Kier molecular flexibility index (Phi) is 2.13. The number of benzene rings is 1. The zero-order valence-electron chi connectivity index (χ0n) is 8.87. The third kappa shape index (κ3) is 1.35. The highest BCUT2D eigenvalue weighted by Gasteiger charge is 2.51. The molecule has 0 bridgehead atoms. The van der Waals surface area contributed by atoms with Crippen molar-refractivity contribution in [3.63, 3.8) is 0 Å². The first-order valence-corrected chi connectivity index (χ1v) is 4.96. The molecule has 1 aromatic carbocycles. The Balaban J connectivity index is 2.42. The van der Waals surface area contributed by atoms with Gasteiger partial charge >= 0.3 is 0 Å². The molecular formula is C12H16O2. The van der Waals surface area contributed by atoms with Crippen molar-refractivity contribution in [3.05, 3.63) is 34.9 Å². The number of aliphatic hydroxyl groups is 1. The second-order valence-corrected chi connectivity index (χ2v) is 4.17. The summed E-state index contributed by atoms with van der Waals surface area (Å²) in [5.74, 6) is 0. The van der Waals surface area contributed by atoms with Gasteiger partial charge in [-0.25, -0.2) is 0 Å². The van der Waals surface area contributed by atoms with Crippen LogP contribution in [0.3, 0.4) is 0 Å². The molecule has 1 aliphatic rings. The predicted octanol–water partition coefficient (Wildman–Crippen LogP) is 1.91. The molecular weight excluding hydrogens is 176 g/mol. The highest BCUT2D eigenvalue weighted by Crippen LogP contribution is 2.43. The van der Waals surface area contributed by atoms with E-state index in [1.807, 2.05) is 0 Å². The van der Waals surface area contributed by atoms with E-state index in [0.717, 1.165) is 5.56 Å². The Bertz CT molecular complexity index is 351. The van der Waals surface area contributed by atoms with Crippen LogP contribution in [-0.2, 0) is 10.3 Å². The number of aryl methyl sites for hydroxylation is 2. The number of hydrogen-bond acceptors (Lipinski definition) is 2. The van der Waals surface area contributed by atoms with Crippen LogP contribution in [0.2, 0.25) is 0 Å². The molecule has 2 heteroatoms. The highest BCUT2D eigenvalue weighted by atomic mass is 16.6. The summed E-state index contributed by atoms with van der Waals surface area (Å²) in [7, 11) is 0. The van der Waals surface area contributed by atoms with Gasteiger partial charge in [0.1, 0.15) is 5.60 Å². The van der Waals surface area contributed by atoms with Crippen LogP contribution in [-0.4, -0.2) is 17.8 Å². The van der Waals surface area contributed by atoms with Crippen molar-refractivity contribution in [3.8, 4) is 0 Å². The fourth-order valence-electron chi connectivity index (χ4n) is 1.99. The maximum Gasteiger partial charge on any atom is 0.142 e. The van der Waals surface area contributed by atoms with Crippen LogP contribution in [0.1, 0.15) is 23.6 Å².